The molecule has 2 aromatic rings. The summed E-state index contributed by atoms with van der Waals surface area (Å²) in [7, 11) is 0. The van der Waals surface area contributed by atoms with Gasteiger partial charge in [0.25, 0.3) is 0 Å². The number of rotatable bonds is 6. The van der Waals surface area contributed by atoms with Crippen LogP contribution in [0.5, 0.6) is 5.75 Å². The molecule has 0 N–H and O–H groups in total. The molecule has 0 spiro atoms. The van der Waals surface area contributed by atoms with Crippen molar-refractivity contribution >= 4 is 0 Å². The fraction of sp³-hybridized carbons (Fsp3) is 0.389. The van der Waals surface area contributed by atoms with Gasteiger partial charge in [-0.25, -0.2) is 0 Å². The molecule has 1 atom stereocenters. The molecular formula is C18H23NO. The summed E-state index contributed by atoms with van der Waals surface area (Å²) in [6.07, 6.45) is 4.27. The molecule has 0 amide bonds. The van der Waals surface area contributed by atoms with Crippen molar-refractivity contribution in [3.05, 3.63) is 59.4 Å². The molecule has 1 heterocycles. The fourth-order valence-electron chi connectivity index (χ4n) is 2.32. The van der Waals surface area contributed by atoms with Crippen LogP contribution in [0.4, 0.5) is 0 Å². The maximum Gasteiger partial charge on any atom is 0.119 e. The number of ether oxygens (including phenoxy) is 1. The zero-order chi connectivity index (χ0) is 14.4. The summed E-state index contributed by atoms with van der Waals surface area (Å²) in [6.45, 7) is 7.08. The van der Waals surface area contributed by atoms with Gasteiger partial charge in [-0.3, -0.25) is 4.98 Å². The van der Waals surface area contributed by atoms with E-state index < -0.39 is 0 Å². The lowest BCUT2D eigenvalue weighted by Crippen LogP contribution is -2.00. The van der Waals surface area contributed by atoms with E-state index in [4.69, 9.17) is 4.74 Å². The third-order valence-corrected chi connectivity index (χ3v) is 3.52. The molecule has 2 heteroatoms. The number of aryl methyl sites for hydroxylation is 1. The van der Waals surface area contributed by atoms with Crippen LogP contribution in [0.1, 0.15) is 49.9 Å². The van der Waals surface area contributed by atoms with Crippen LogP contribution in [0, 0.1) is 0 Å². The van der Waals surface area contributed by atoms with E-state index in [-0.39, 0.29) is 0 Å². The van der Waals surface area contributed by atoms with Crippen molar-refractivity contribution in [1.82, 2.24) is 4.98 Å². The molecule has 20 heavy (non-hydrogen) atoms. The molecule has 0 aliphatic carbocycles. The Bertz CT molecular complexity index is 467. The Hall–Kier alpha value is -1.83. The van der Waals surface area contributed by atoms with Crippen molar-refractivity contribution in [3.63, 3.8) is 0 Å². The van der Waals surface area contributed by atoms with Crippen LogP contribution in [-0.4, -0.2) is 11.6 Å². The second kappa shape index (κ2) is 7.09. The van der Waals surface area contributed by atoms with E-state index in [9.17, 15) is 0 Å². The molecule has 0 radical (unpaired) electrons. The summed E-state index contributed by atoms with van der Waals surface area (Å²) in [6, 6.07) is 12.6. The molecule has 0 bridgehead atoms. The van der Waals surface area contributed by atoms with Crippen LogP contribution >= 0.6 is 0 Å². The van der Waals surface area contributed by atoms with Crippen molar-refractivity contribution in [1.29, 1.82) is 0 Å². The molecule has 0 saturated carbocycles. The van der Waals surface area contributed by atoms with Crippen molar-refractivity contribution in [3.8, 4) is 5.75 Å². The standard InChI is InChI=1S/C18H23NO/c1-4-6-15-7-12-18(19-13-15)14(3)16-8-10-17(11-9-16)20-5-2/h7-14H,4-6H2,1-3H3. The van der Waals surface area contributed by atoms with E-state index in [1.54, 1.807) is 0 Å². The van der Waals surface area contributed by atoms with Gasteiger partial charge in [0.15, 0.2) is 0 Å². The SMILES string of the molecule is CCCc1ccc(C(C)c2ccc(OCC)cc2)nc1. The van der Waals surface area contributed by atoms with Gasteiger partial charge >= 0.3 is 0 Å². The fourth-order valence-corrected chi connectivity index (χ4v) is 2.32. The third-order valence-electron chi connectivity index (χ3n) is 3.52. The smallest absolute Gasteiger partial charge is 0.119 e. The molecule has 0 aliphatic rings. The molecule has 1 aromatic heterocycles. The van der Waals surface area contributed by atoms with Gasteiger partial charge in [0.2, 0.25) is 0 Å². The van der Waals surface area contributed by atoms with E-state index in [1.807, 2.05) is 25.3 Å². The predicted molar refractivity (Wildman–Crippen MR) is 83.4 cm³/mol. The van der Waals surface area contributed by atoms with Crippen molar-refractivity contribution in [2.75, 3.05) is 6.61 Å². The molecule has 0 fully saturated rings. The topological polar surface area (TPSA) is 22.1 Å². The average molecular weight is 269 g/mol. The number of hydrogen-bond donors (Lipinski definition) is 0. The average Bonchev–Trinajstić information content (AvgIpc) is 2.49. The van der Waals surface area contributed by atoms with Crippen LogP contribution in [0.15, 0.2) is 42.6 Å². The molecule has 0 aliphatic heterocycles. The lowest BCUT2D eigenvalue weighted by Gasteiger charge is -2.13. The number of pyridine rings is 1. The zero-order valence-corrected chi connectivity index (χ0v) is 12.6. The molecule has 106 valence electrons. The maximum absolute atomic E-state index is 5.47. The van der Waals surface area contributed by atoms with E-state index in [1.165, 1.54) is 11.1 Å². The Kier molecular flexibility index (Phi) is 5.16. The van der Waals surface area contributed by atoms with Crippen molar-refractivity contribution in [2.24, 2.45) is 0 Å². The van der Waals surface area contributed by atoms with Gasteiger partial charge in [-0.15, -0.1) is 0 Å². The Morgan fingerprint density at radius 3 is 2.35 bits per heavy atom. The Morgan fingerprint density at radius 2 is 1.80 bits per heavy atom. The Morgan fingerprint density at radius 1 is 1.05 bits per heavy atom. The zero-order valence-electron chi connectivity index (χ0n) is 12.6. The molecular weight excluding hydrogens is 246 g/mol. The van der Waals surface area contributed by atoms with E-state index in [2.05, 4.69) is 43.1 Å². The van der Waals surface area contributed by atoms with Gasteiger partial charge in [0.05, 0.1) is 6.61 Å². The first kappa shape index (κ1) is 14.6. The second-order valence-corrected chi connectivity index (χ2v) is 5.07. The first-order valence-corrected chi connectivity index (χ1v) is 7.42. The highest BCUT2D eigenvalue weighted by Crippen LogP contribution is 2.24. The quantitative estimate of drug-likeness (QED) is 0.765. The van der Waals surface area contributed by atoms with E-state index in [0.717, 1.165) is 24.3 Å². The second-order valence-electron chi connectivity index (χ2n) is 5.07. The summed E-state index contributed by atoms with van der Waals surface area (Å²) in [5.74, 6) is 1.23. The lowest BCUT2D eigenvalue weighted by molar-refractivity contribution is 0.340. The first-order chi connectivity index (χ1) is 9.74. The molecule has 1 unspecified atom stereocenters. The number of aromatic nitrogens is 1. The number of nitrogens with zero attached hydrogens (tertiary/aromatic N) is 1. The van der Waals surface area contributed by atoms with E-state index >= 15 is 0 Å². The van der Waals surface area contributed by atoms with Gasteiger partial charge in [-0.05, 0) is 42.7 Å². The van der Waals surface area contributed by atoms with Gasteiger partial charge < -0.3 is 4.74 Å². The molecule has 2 rings (SSSR count). The minimum Gasteiger partial charge on any atom is -0.494 e. The number of hydrogen-bond acceptors (Lipinski definition) is 2. The monoisotopic (exact) mass is 269 g/mol. The van der Waals surface area contributed by atoms with Crippen molar-refractivity contribution in [2.45, 2.75) is 39.5 Å². The summed E-state index contributed by atoms with van der Waals surface area (Å²) >= 11 is 0. The van der Waals surface area contributed by atoms with Crippen LogP contribution in [0.25, 0.3) is 0 Å². The van der Waals surface area contributed by atoms with Crippen LogP contribution in [0.2, 0.25) is 0 Å². The highest BCUT2D eigenvalue weighted by atomic mass is 16.5. The Labute approximate surface area is 121 Å². The first-order valence-electron chi connectivity index (χ1n) is 7.42. The van der Waals surface area contributed by atoms with Crippen LogP contribution < -0.4 is 4.74 Å². The summed E-state index contributed by atoms with van der Waals surface area (Å²) in [5, 5.41) is 0. The van der Waals surface area contributed by atoms with Crippen molar-refractivity contribution < 1.29 is 4.74 Å². The Balaban J connectivity index is 2.11. The number of benzene rings is 1. The highest BCUT2D eigenvalue weighted by Gasteiger charge is 2.09. The molecule has 2 nitrogen and oxygen atoms in total. The molecule has 0 saturated heterocycles. The van der Waals surface area contributed by atoms with Gasteiger partial charge in [0.1, 0.15) is 5.75 Å². The largest absolute Gasteiger partial charge is 0.494 e. The van der Waals surface area contributed by atoms with Gasteiger partial charge in [0, 0.05) is 17.8 Å². The van der Waals surface area contributed by atoms with Crippen LogP contribution in [-0.2, 0) is 6.42 Å². The third kappa shape index (κ3) is 3.60. The van der Waals surface area contributed by atoms with Gasteiger partial charge in [-0.1, -0.05) is 38.5 Å². The summed E-state index contributed by atoms with van der Waals surface area (Å²) < 4.78 is 5.47. The lowest BCUT2D eigenvalue weighted by atomic mass is 9.96. The normalized spacial score (nSPS) is 12.2. The van der Waals surface area contributed by atoms with Gasteiger partial charge in [-0.2, -0.15) is 0 Å². The van der Waals surface area contributed by atoms with E-state index in [0.29, 0.717) is 12.5 Å². The highest BCUT2D eigenvalue weighted by molar-refractivity contribution is 5.33. The molecule has 1 aromatic carbocycles. The summed E-state index contributed by atoms with van der Waals surface area (Å²) in [5.41, 5.74) is 3.70. The summed E-state index contributed by atoms with van der Waals surface area (Å²) in [4.78, 5) is 4.60. The van der Waals surface area contributed by atoms with Crippen LogP contribution in [0.3, 0.4) is 0 Å². The minimum absolute atomic E-state index is 0.307. The minimum atomic E-state index is 0.307. The maximum atomic E-state index is 5.47. The predicted octanol–water partition coefficient (Wildman–Crippen LogP) is 4.58.